The molecule has 2 heterocycles. The van der Waals surface area contributed by atoms with Crippen molar-refractivity contribution in [2.75, 3.05) is 36.4 Å². The zero-order valence-electron chi connectivity index (χ0n) is 15.3. The highest BCUT2D eigenvalue weighted by Gasteiger charge is 2.22. The number of anilines is 2. The summed E-state index contributed by atoms with van der Waals surface area (Å²) >= 11 is 5.97. The fourth-order valence-electron chi connectivity index (χ4n) is 3.19. The van der Waals surface area contributed by atoms with E-state index in [4.69, 9.17) is 11.6 Å². The second-order valence-corrected chi connectivity index (χ2v) is 6.98. The van der Waals surface area contributed by atoms with Gasteiger partial charge < -0.3 is 15.1 Å². The van der Waals surface area contributed by atoms with Crippen LogP contribution in [0.15, 0.2) is 67.0 Å². The smallest absolute Gasteiger partial charge is 0.321 e. The number of amides is 2. The standard InChI is InChI=1S/C21H20ClN5O/c22-17-7-4-8-18(13-17)25-21(28)27-11-9-26(10-12-27)20-14-19(23-15-24-20)16-5-2-1-3-6-16/h1-8,13-15H,9-12H2,(H,25,28). The molecule has 6 nitrogen and oxygen atoms in total. The molecule has 0 bridgehead atoms. The van der Waals surface area contributed by atoms with Crippen LogP contribution in [0.2, 0.25) is 5.02 Å². The summed E-state index contributed by atoms with van der Waals surface area (Å²) in [7, 11) is 0. The number of urea groups is 1. The number of aromatic nitrogens is 2. The predicted octanol–water partition coefficient (Wildman–Crippen LogP) is 4.15. The van der Waals surface area contributed by atoms with E-state index < -0.39 is 0 Å². The number of piperazine rings is 1. The van der Waals surface area contributed by atoms with Crippen molar-refractivity contribution in [3.63, 3.8) is 0 Å². The van der Waals surface area contributed by atoms with Gasteiger partial charge in [0.05, 0.1) is 5.69 Å². The van der Waals surface area contributed by atoms with Crippen LogP contribution in [0.1, 0.15) is 0 Å². The highest BCUT2D eigenvalue weighted by molar-refractivity contribution is 6.30. The average Bonchev–Trinajstić information content (AvgIpc) is 2.75. The van der Waals surface area contributed by atoms with Gasteiger partial charge in [-0.25, -0.2) is 14.8 Å². The Morgan fingerprint density at radius 2 is 1.71 bits per heavy atom. The molecule has 0 saturated carbocycles. The van der Waals surface area contributed by atoms with Crippen LogP contribution in [0.3, 0.4) is 0 Å². The Labute approximate surface area is 168 Å². The first-order valence-corrected chi connectivity index (χ1v) is 9.51. The molecule has 1 aromatic heterocycles. The van der Waals surface area contributed by atoms with E-state index in [-0.39, 0.29) is 6.03 Å². The number of benzene rings is 2. The molecule has 1 N–H and O–H groups in total. The Morgan fingerprint density at radius 1 is 0.929 bits per heavy atom. The van der Waals surface area contributed by atoms with Crippen molar-refractivity contribution in [1.82, 2.24) is 14.9 Å². The Hall–Kier alpha value is -3.12. The van der Waals surface area contributed by atoms with Gasteiger partial charge in [-0.2, -0.15) is 0 Å². The average molecular weight is 394 g/mol. The minimum absolute atomic E-state index is 0.116. The highest BCUT2D eigenvalue weighted by atomic mass is 35.5. The summed E-state index contributed by atoms with van der Waals surface area (Å²) in [6, 6.07) is 19.1. The third-order valence-electron chi connectivity index (χ3n) is 4.69. The van der Waals surface area contributed by atoms with Crippen LogP contribution in [0.25, 0.3) is 11.3 Å². The molecule has 0 spiro atoms. The number of carbonyl (C=O) groups is 1. The van der Waals surface area contributed by atoms with Crippen LogP contribution >= 0.6 is 11.6 Å². The lowest BCUT2D eigenvalue weighted by molar-refractivity contribution is 0.208. The largest absolute Gasteiger partial charge is 0.353 e. The zero-order valence-corrected chi connectivity index (χ0v) is 16.0. The molecule has 3 aromatic rings. The van der Waals surface area contributed by atoms with Crippen LogP contribution < -0.4 is 10.2 Å². The van der Waals surface area contributed by atoms with Crippen LogP contribution in [0, 0.1) is 0 Å². The molecule has 7 heteroatoms. The Kier molecular flexibility index (Phi) is 5.39. The quantitative estimate of drug-likeness (QED) is 0.726. The fraction of sp³-hybridized carbons (Fsp3) is 0.190. The van der Waals surface area contributed by atoms with E-state index in [1.165, 1.54) is 0 Å². The van der Waals surface area contributed by atoms with Crippen LogP contribution in [0.4, 0.5) is 16.3 Å². The second kappa shape index (κ2) is 8.27. The maximum absolute atomic E-state index is 12.5. The molecule has 0 radical (unpaired) electrons. The summed E-state index contributed by atoms with van der Waals surface area (Å²) in [6.07, 6.45) is 1.59. The third-order valence-corrected chi connectivity index (χ3v) is 4.92. The molecule has 0 atom stereocenters. The summed E-state index contributed by atoms with van der Waals surface area (Å²) in [5.41, 5.74) is 2.65. The topological polar surface area (TPSA) is 61.4 Å². The number of carbonyl (C=O) groups excluding carboxylic acids is 1. The molecule has 1 aliphatic rings. The molecule has 2 amide bonds. The zero-order chi connectivity index (χ0) is 19.3. The van der Waals surface area contributed by atoms with E-state index in [9.17, 15) is 4.79 Å². The normalized spacial score (nSPS) is 14.0. The van der Waals surface area contributed by atoms with Crippen molar-refractivity contribution in [2.45, 2.75) is 0 Å². The lowest BCUT2D eigenvalue weighted by Crippen LogP contribution is -2.50. The van der Waals surface area contributed by atoms with Gasteiger partial charge in [0.15, 0.2) is 0 Å². The molecule has 0 unspecified atom stereocenters. The van der Waals surface area contributed by atoms with Gasteiger partial charge in [0, 0.05) is 48.5 Å². The van der Waals surface area contributed by atoms with Gasteiger partial charge in [0.25, 0.3) is 0 Å². The summed E-state index contributed by atoms with van der Waals surface area (Å²) in [5.74, 6) is 0.878. The summed E-state index contributed by atoms with van der Waals surface area (Å²) in [5, 5.41) is 3.49. The Morgan fingerprint density at radius 3 is 2.46 bits per heavy atom. The number of rotatable bonds is 3. The number of nitrogens with one attached hydrogen (secondary N) is 1. The first-order valence-electron chi connectivity index (χ1n) is 9.13. The molecule has 142 valence electrons. The second-order valence-electron chi connectivity index (χ2n) is 6.54. The molecule has 4 rings (SSSR count). The number of hydrogen-bond donors (Lipinski definition) is 1. The van der Waals surface area contributed by atoms with Crippen LogP contribution in [-0.4, -0.2) is 47.1 Å². The molecule has 1 fully saturated rings. The van der Waals surface area contributed by atoms with E-state index in [1.54, 1.807) is 23.4 Å². The van der Waals surface area contributed by atoms with Gasteiger partial charge >= 0.3 is 6.03 Å². The van der Waals surface area contributed by atoms with E-state index in [1.807, 2.05) is 48.5 Å². The van der Waals surface area contributed by atoms with E-state index in [2.05, 4.69) is 20.2 Å². The third kappa shape index (κ3) is 4.23. The van der Waals surface area contributed by atoms with Crippen molar-refractivity contribution in [3.05, 3.63) is 72.0 Å². The van der Waals surface area contributed by atoms with Gasteiger partial charge in [-0.3, -0.25) is 0 Å². The SMILES string of the molecule is O=C(Nc1cccc(Cl)c1)N1CCN(c2cc(-c3ccccc3)ncn2)CC1. The summed E-state index contributed by atoms with van der Waals surface area (Å²) < 4.78 is 0. The predicted molar refractivity (Wildman–Crippen MR) is 112 cm³/mol. The van der Waals surface area contributed by atoms with Crippen molar-refractivity contribution in [2.24, 2.45) is 0 Å². The Balaban J connectivity index is 1.38. The number of halogens is 1. The highest BCUT2D eigenvalue weighted by Crippen LogP contribution is 2.22. The maximum Gasteiger partial charge on any atom is 0.321 e. The maximum atomic E-state index is 12.5. The molecular weight excluding hydrogens is 374 g/mol. The Bertz CT molecular complexity index is 958. The van der Waals surface area contributed by atoms with Gasteiger partial charge in [0.2, 0.25) is 0 Å². The minimum atomic E-state index is -0.116. The molecule has 1 aliphatic heterocycles. The number of nitrogens with zero attached hydrogens (tertiary/aromatic N) is 4. The fourth-order valence-corrected chi connectivity index (χ4v) is 3.38. The first kappa shape index (κ1) is 18.3. The molecular formula is C21H20ClN5O. The van der Waals surface area contributed by atoms with Gasteiger partial charge in [-0.05, 0) is 18.2 Å². The van der Waals surface area contributed by atoms with Crippen LogP contribution in [-0.2, 0) is 0 Å². The lowest BCUT2D eigenvalue weighted by atomic mass is 10.1. The van der Waals surface area contributed by atoms with Crippen LogP contribution in [0.5, 0.6) is 0 Å². The van der Waals surface area contributed by atoms with Gasteiger partial charge in [0.1, 0.15) is 12.1 Å². The van der Waals surface area contributed by atoms with E-state index in [0.29, 0.717) is 36.9 Å². The van der Waals surface area contributed by atoms with Crippen molar-refractivity contribution >= 4 is 29.1 Å². The first-order chi connectivity index (χ1) is 13.7. The van der Waals surface area contributed by atoms with Gasteiger partial charge in [-0.1, -0.05) is 48.0 Å². The molecule has 28 heavy (non-hydrogen) atoms. The van der Waals surface area contributed by atoms with E-state index >= 15 is 0 Å². The van der Waals surface area contributed by atoms with Gasteiger partial charge in [-0.15, -0.1) is 0 Å². The lowest BCUT2D eigenvalue weighted by Gasteiger charge is -2.35. The monoisotopic (exact) mass is 393 g/mol. The van der Waals surface area contributed by atoms with Crippen molar-refractivity contribution in [3.8, 4) is 11.3 Å². The van der Waals surface area contributed by atoms with Crippen molar-refractivity contribution in [1.29, 1.82) is 0 Å². The summed E-state index contributed by atoms with van der Waals surface area (Å²) in [6.45, 7) is 2.68. The van der Waals surface area contributed by atoms with E-state index in [0.717, 1.165) is 17.1 Å². The summed E-state index contributed by atoms with van der Waals surface area (Å²) in [4.78, 5) is 25.3. The van der Waals surface area contributed by atoms with Crippen molar-refractivity contribution < 1.29 is 4.79 Å². The molecule has 2 aromatic carbocycles. The molecule has 1 saturated heterocycles. The number of hydrogen-bond acceptors (Lipinski definition) is 4. The molecule has 0 aliphatic carbocycles. The minimum Gasteiger partial charge on any atom is -0.353 e.